The van der Waals surface area contributed by atoms with Gasteiger partial charge in [0.2, 0.25) is 0 Å². The summed E-state index contributed by atoms with van der Waals surface area (Å²) in [6, 6.07) is 3.74. The number of ketones is 1. The number of nitrogens with zero attached hydrogens (tertiary/aromatic N) is 3. The van der Waals surface area contributed by atoms with Gasteiger partial charge in [-0.2, -0.15) is 0 Å². The van der Waals surface area contributed by atoms with E-state index in [-0.39, 0.29) is 5.78 Å². The minimum absolute atomic E-state index is 0.0751. The molecule has 0 radical (unpaired) electrons. The van der Waals surface area contributed by atoms with E-state index in [0.717, 1.165) is 11.4 Å². The highest BCUT2D eigenvalue weighted by molar-refractivity contribution is 5.95. The Hall–Kier alpha value is -1.97. The first-order valence-electron chi connectivity index (χ1n) is 5.59. The lowest BCUT2D eigenvalue weighted by atomic mass is 10.1. The van der Waals surface area contributed by atoms with Crippen molar-refractivity contribution in [1.29, 1.82) is 0 Å². The fourth-order valence-electron chi connectivity index (χ4n) is 1.76. The van der Waals surface area contributed by atoms with Crippen molar-refractivity contribution in [1.82, 2.24) is 14.5 Å². The lowest BCUT2D eigenvalue weighted by molar-refractivity contribution is 0.0976. The predicted octanol–water partition coefficient (Wildman–Crippen LogP) is 1.94. The summed E-state index contributed by atoms with van der Waals surface area (Å²) in [4.78, 5) is 20.3. The van der Waals surface area contributed by atoms with E-state index in [1.54, 1.807) is 12.4 Å². The Balaban J connectivity index is 2.04. The third kappa shape index (κ3) is 2.58. The predicted molar refractivity (Wildman–Crippen MR) is 64.8 cm³/mol. The molecule has 0 saturated heterocycles. The number of carbonyl (C=O) groups is 1. The highest BCUT2D eigenvalue weighted by Gasteiger charge is 2.11. The molecule has 2 rings (SSSR count). The lowest BCUT2D eigenvalue weighted by Crippen LogP contribution is -2.08. The van der Waals surface area contributed by atoms with Crippen molar-refractivity contribution in [2.75, 3.05) is 0 Å². The van der Waals surface area contributed by atoms with Crippen LogP contribution in [0.25, 0.3) is 0 Å². The van der Waals surface area contributed by atoms with Crippen LogP contribution in [0.1, 0.15) is 28.3 Å². The zero-order valence-corrected chi connectivity index (χ0v) is 10.1. The molecule has 2 aromatic heterocycles. The zero-order chi connectivity index (χ0) is 12.3. The average Bonchev–Trinajstić information content (AvgIpc) is 2.72. The highest BCUT2D eigenvalue weighted by Crippen LogP contribution is 2.08. The smallest absolute Gasteiger partial charge is 0.181 e. The number of aromatic nitrogens is 3. The van der Waals surface area contributed by atoms with Crippen molar-refractivity contribution in [3.05, 3.63) is 47.8 Å². The third-order valence-electron chi connectivity index (χ3n) is 2.77. The molecule has 0 aliphatic carbocycles. The molecule has 0 N–H and O–H groups in total. The monoisotopic (exact) mass is 229 g/mol. The first-order valence-corrected chi connectivity index (χ1v) is 5.59. The normalized spacial score (nSPS) is 10.5. The standard InChI is InChI=1S/C13H15N3O/c1-10-4-3-7-15-13(10)11(17)5-6-12-14-8-9-16(12)2/h3-4,7-9H,5-6H2,1-2H3. The van der Waals surface area contributed by atoms with E-state index in [4.69, 9.17) is 0 Å². The largest absolute Gasteiger partial charge is 0.338 e. The summed E-state index contributed by atoms with van der Waals surface area (Å²) in [5.74, 6) is 0.998. The molecule has 4 heteroatoms. The molecule has 2 heterocycles. The summed E-state index contributed by atoms with van der Waals surface area (Å²) in [6.07, 6.45) is 6.37. The van der Waals surface area contributed by atoms with Crippen LogP contribution in [0, 0.1) is 6.92 Å². The molecule has 0 aliphatic rings. The Morgan fingerprint density at radius 3 is 2.82 bits per heavy atom. The molecule has 0 spiro atoms. The fourth-order valence-corrected chi connectivity index (χ4v) is 1.76. The number of pyridine rings is 1. The topological polar surface area (TPSA) is 47.8 Å². The van der Waals surface area contributed by atoms with Crippen LogP contribution in [-0.2, 0) is 13.5 Å². The maximum absolute atomic E-state index is 12.0. The number of rotatable bonds is 4. The van der Waals surface area contributed by atoms with Gasteiger partial charge in [0.05, 0.1) is 0 Å². The molecule has 0 fully saturated rings. The SMILES string of the molecule is Cc1cccnc1C(=O)CCc1nccn1C. The Morgan fingerprint density at radius 1 is 1.35 bits per heavy atom. The molecule has 17 heavy (non-hydrogen) atoms. The molecule has 0 aliphatic heterocycles. The van der Waals surface area contributed by atoms with Crippen molar-refractivity contribution in [2.24, 2.45) is 7.05 Å². The summed E-state index contributed by atoms with van der Waals surface area (Å²) in [5, 5.41) is 0. The van der Waals surface area contributed by atoms with Gasteiger partial charge in [0.25, 0.3) is 0 Å². The number of Topliss-reactive ketones (excluding diaryl/α,β-unsaturated/α-hetero) is 1. The van der Waals surface area contributed by atoms with Crippen LogP contribution in [0.4, 0.5) is 0 Å². The highest BCUT2D eigenvalue weighted by atomic mass is 16.1. The molecule has 0 aromatic carbocycles. The number of hydrogen-bond acceptors (Lipinski definition) is 3. The van der Waals surface area contributed by atoms with Gasteiger partial charge in [-0.05, 0) is 18.6 Å². The van der Waals surface area contributed by atoms with Crippen molar-refractivity contribution < 1.29 is 4.79 Å². The second kappa shape index (κ2) is 4.91. The molecular weight excluding hydrogens is 214 g/mol. The Kier molecular flexibility index (Phi) is 3.32. The van der Waals surface area contributed by atoms with Crippen LogP contribution in [0.15, 0.2) is 30.7 Å². The van der Waals surface area contributed by atoms with E-state index in [1.165, 1.54) is 0 Å². The van der Waals surface area contributed by atoms with E-state index in [2.05, 4.69) is 9.97 Å². The van der Waals surface area contributed by atoms with E-state index >= 15 is 0 Å². The Morgan fingerprint density at radius 2 is 2.18 bits per heavy atom. The van der Waals surface area contributed by atoms with Crippen LogP contribution in [0.5, 0.6) is 0 Å². The van der Waals surface area contributed by atoms with Gasteiger partial charge in [0.1, 0.15) is 11.5 Å². The summed E-state index contributed by atoms with van der Waals surface area (Å²) >= 11 is 0. The Labute approximate surface area is 100 Å². The summed E-state index contributed by atoms with van der Waals surface area (Å²) in [6.45, 7) is 1.90. The fraction of sp³-hybridized carbons (Fsp3) is 0.308. The van der Waals surface area contributed by atoms with Crippen LogP contribution in [0.2, 0.25) is 0 Å². The van der Waals surface area contributed by atoms with Crippen LogP contribution in [-0.4, -0.2) is 20.3 Å². The Bertz CT molecular complexity index is 531. The number of aryl methyl sites for hydroxylation is 3. The first kappa shape index (κ1) is 11.5. The molecule has 0 unspecified atom stereocenters. The van der Waals surface area contributed by atoms with Crippen molar-refractivity contribution in [2.45, 2.75) is 19.8 Å². The molecular formula is C13H15N3O. The molecule has 0 atom stereocenters. The zero-order valence-electron chi connectivity index (χ0n) is 10.1. The average molecular weight is 229 g/mol. The number of carbonyl (C=O) groups excluding carboxylic acids is 1. The van der Waals surface area contributed by atoms with Gasteiger partial charge in [-0.3, -0.25) is 9.78 Å². The summed E-state index contributed by atoms with van der Waals surface area (Å²) in [5.41, 5.74) is 1.50. The lowest BCUT2D eigenvalue weighted by Gasteiger charge is -2.03. The number of hydrogen-bond donors (Lipinski definition) is 0. The van der Waals surface area contributed by atoms with E-state index in [9.17, 15) is 4.79 Å². The minimum atomic E-state index is 0.0751. The maximum Gasteiger partial charge on any atom is 0.181 e. The number of imidazole rings is 1. The van der Waals surface area contributed by atoms with Crippen LogP contribution >= 0.6 is 0 Å². The van der Waals surface area contributed by atoms with Gasteiger partial charge in [0.15, 0.2) is 5.78 Å². The second-order valence-corrected chi connectivity index (χ2v) is 4.05. The van der Waals surface area contributed by atoms with Crippen LogP contribution in [0.3, 0.4) is 0 Å². The molecule has 0 bridgehead atoms. The quantitative estimate of drug-likeness (QED) is 0.753. The van der Waals surface area contributed by atoms with E-state index in [0.29, 0.717) is 18.5 Å². The van der Waals surface area contributed by atoms with Gasteiger partial charge >= 0.3 is 0 Å². The third-order valence-corrected chi connectivity index (χ3v) is 2.77. The van der Waals surface area contributed by atoms with E-state index < -0.39 is 0 Å². The minimum Gasteiger partial charge on any atom is -0.338 e. The van der Waals surface area contributed by atoms with Crippen molar-refractivity contribution in [3.8, 4) is 0 Å². The molecule has 0 saturated carbocycles. The second-order valence-electron chi connectivity index (χ2n) is 4.05. The van der Waals surface area contributed by atoms with Crippen molar-refractivity contribution >= 4 is 5.78 Å². The van der Waals surface area contributed by atoms with E-state index in [1.807, 2.05) is 36.9 Å². The maximum atomic E-state index is 12.0. The molecule has 88 valence electrons. The summed E-state index contributed by atoms with van der Waals surface area (Å²) in [7, 11) is 1.93. The molecule has 4 nitrogen and oxygen atoms in total. The van der Waals surface area contributed by atoms with Gasteiger partial charge in [-0.15, -0.1) is 0 Å². The van der Waals surface area contributed by atoms with Gasteiger partial charge in [0, 0.05) is 38.5 Å². The molecule has 0 amide bonds. The van der Waals surface area contributed by atoms with Crippen molar-refractivity contribution in [3.63, 3.8) is 0 Å². The summed E-state index contributed by atoms with van der Waals surface area (Å²) < 4.78 is 1.93. The van der Waals surface area contributed by atoms with Gasteiger partial charge < -0.3 is 4.57 Å². The van der Waals surface area contributed by atoms with Gasteiger partial charge in [-0.1, -0.05) is 6.07 Å². The first-order chi connectivity index (χ1) is 8.18. The molecule has 2 aromatic rings. The van der Waals surface area contributed by atoms with Gasteiger partial charge in [-0.25, -0.2) is 4.98 Å². The van der Waals surface area contributed by atoms with Crippen LogP contribution < -0.4 is 0 Å².